The van der Waals surface area contributed by atoms with Gasteiger partial charge in [0.25, 0.3) is 0 Å². The Kier molecular flexibility index (Phi) is 6.15. The first-order valence-corrected chi connectivity index (χ1v) is 9.62. The molecule has 0 bridgehead atoms. The van der Waals surface area contributed by atoms with Crippen LogP contribution >= 0.6 is 27.5 Å². The molecule has 5 nitrogen and oxygen atoms in total. The number of hydrogen-bond donors (Lipinski definition) is 0. The Balaban J connectivity index is 1.49. The van der Waals surface area contributed by atoms with Crippen LogP contribution in [-0.2, 0) is 17.9 Å². The standard InChI is InChI=1S/C18H22BrClN4O/c1-14(11-24-13-16(19)10-21-24)18(25)23-8-6-22(7-9-23)12-15-4-2-3-5-17(15)20/h2-5,10,13-14H,6-9,11-12H2,1H3. The summed E-state index contributed by atoms with van der Waals surface area (Å²) in [7, 11) is 0. The smallest absolute Gasteiger partial charge is 0.227 e. The van der Waals surface area contributed by atoms with E-state index in [1.54, 1.807) is 10.9 Å². The minimum atomic E-state index is -0.0816. The number of aromatic nitrogens is 2. The van der Waals surface area contributed by atoms with E-state index in [0.29, 0.717) is 6.54 Å². The van der Waals surface area contributed by atoms with E-state index in [9.17, 15) is 4.79 Å². The van der Waals surface area contributed by atoms with Gasteiger partial charge in [0.1, 0.15) is 0 Å². The predicted molar refractivity (Wildman–Crippen MR) is 102 cm³/mol. The first-order chi connectivity index (χ1) is 12.0. The number of piperazine rings is 1. The second-order valence-corrected chi connectivity index (χ2v) is 7.80. The average Bonchev–Trinajstić information content (AvgIpc) is 3.02. The molecule has 0 N–H and O–H groups in total. The van der Waals surface area contributed by atoms with Gasteiger partial charge in [0.2, 0.25) is 5.91 Å². The fourth-order valence-corrected chi connectivity index (χ4v) is 3.63. The highest BCUT2D eigenvalue weighted by Crippen LogP contribution is 2.18. The van der Waals surface area contributed by atoms with E-state index >= 15 is 0 Å². The first-order valence-electron chi connectivity index (χ1n) is 8.45. The lowest BCUT2D eigenvalue weighted by atomic mass is 10.1. The van der Waals surface area contributed by atoms with Gasteiger partial charge in [-0.2, -0.15) is 5.10 Å². The molecule has 1 unspecified atom stereocenters. The number of benzene rings is 1. The Labute approximate surface area is 161 Å². The zero-order valence-corrected chi connectivity index (χ0v) is 16.6. The van der Waals surface area contributed by atoms with Crippen LogP contribution in [0, 0.1) is 5.92 Å². The molecule has 1 fully saturated rings. The minimum absolute atomic E-state index is 0.0816. The second kappa shape index (κ2) is 8.34. The highest BCUT2D eigenvalue weighted by Gasteiger charge is 2.25. The molecule has 1 aromatic carbocycles. The molecule has 134 valence electrons. The Morgan fingerprint density at radius 3 is 2.64 bits per heavy atom. The largest absolute Gasteiger partial charge is 0.340 e. The van der Waals surface area contributed by atoms with Gasteiger partial charge in [-0.15, -0.1) is 0 Å². The summed E-state index contributed by atoms with van der Waals surface area (Å²) in [4.78, 5) is 17.0. The molecule has 1 atom stereocenters. The number of halogens is 2. The highest BCUT2D eigenvalue weighted by molar-refractivity contribution is 9.10. The molecule has 1 aromatic heterocycles. The molecule has 3 rings (SSSR count). The van der Waals surface area contributed by atoms with Gasteiger partial charge in [-0.25, -0.2) is 0 Å². The summed E-state index contributed by atoms with van der Waals surface area (Å²) in [5, 5.41) is 5.03. The van der Waals surface area contributed by atoms with E-state index in [1.807, 2.05) is 36.2 Å². The van der Waals surface area contributed by atoms with Crippen LogP contribution < -0.4 is 0 Å². The van der Waals surface area contributed by atoms with Gasteiger partial charge in [0.05, 0.1) is 23.1 Å². The summed E-state index contributed by atoms with van der Waals surface area (Å²) < 4.78 is 2.74. The van der Waals surface area contributed by atoms with Crippen molar-refractivity contribution in [3.8, 4) is 0 Å². The van der Waals surface area contributed by atoms with Crippen molar-refractivity contribution < 1.29 is 4.79 Å². The quantitative estimate of drug-likeness (QED) is 0.738. The Morgan fingerprint density at radius 2 is 2.00 bits per heavy atom. The molecule has 1 aliphatic heterocycles. The van der Waals surface area contributed by atoms with Gasteiger partial charge in [-0.05, 0) is 27.6 Å². The number of rotatable bonds is 5. The number of amides is 1. The van der Waals surface area contributed by atoms with Crippen LogP contribution in [0.1, 0.15) is 12.5 Å². The van der Waals surface area contributed by atoms with Crippen LogP contribution in [0.2, 0.25) is 5.02 Å². The Morgan fingerprint density at radius 1 is 1.28 bits per heavy atom. The number of carbonyl (C=O) groups is 1. The minimum Gasteiger partial charge on any atom is -0.340 e. The van der Waals surface area contributed by atoms with Crippen molar-refractivity contribution in [3.63, 3.8) is 0 Å². The maximum atomic E-state index is 12.7. The summed E-state index contributed by atoms with van der Waals surface area (Å²) in [5.74, 6) is 0.117. The molecule has 1 saturated heterocycles. The fourth-order valence-electron chi connectivity index (χ4n) is 3.10. The van der Waals surface area contributed by atoms with Gasteiger partial charge in [-0.3, -0.25) is 14.4 Å². The lowest BCUT2D eigenvalue weighted by Crippen LogP contribution is -2.50. The maximum absolute atomic E-state index is 12.7. The summed E-state index contributed by atoms with van der Waals surface area (Å²) in [6, 6.07) is 7.94. The molecule has 0 spiro atoms. The van der Waals surface area contributed by atoms with Crippen LogP contribution in [0.15, 0.2) is 41.1 Å². The third kappa shape index (κ3) is 4.84. The first kappa shape index (κ1) is 18.4. The lowest BCUT2D eigenvalue weighted by molar-refractivity contribution is -0.137. The second-order valence-electron chi connectivity index (χ2n) is 6.47. The molecule has 2 aromatic rings. The molecule has 0 radical (unpaired) electrons. The molecule has 2 heterocycles. The zero-order chi connectivity index (χ0) is 17.8. The van der Waals surface area contributed by atoms with E-state index in [4.69, 9.17) is 11.6 Å². The van der Waals surface area contributed by atoms with Gasteiger partial charge in [-0.1, -0.05) is 36.7 Å². The van der Waals surface area contributed by atoms with Crippen molar-refractivity contribution in [2.75, 3.05) is 26.2 Å². The fraction of sp³-hybridized carbons (Fsp3) is 0.444. The molecular weight excluding hydrogens is 404 g/mol. The topological polar surface area (TPSA) is 41.4 Å². The average molecular weight is 426 g/mol. The van der Waals surface area contributed by atoms with Crippen LogP contribution in [0.5, 0.6) is 0 Å². The molecule has 0 aliphatic carbocycles. The SMILES string of the molecule is CC(Cn1cc(Br)cn1)C(=O)N1CCN(Cc2ccccc2Cl)CC1. The third-order valence-electron chi connectivity index (χ3n) is 4.52. The van der Waals surface area contributed by atoms with Gasteiger partial charge >= 0.3 is 0 Å². The summed E-state index contributed by atoms with van der Waals surface area (Å²) >= 11 is 9.62. The van der Waals surface area contributed by atoms with Crippen molar-refractivity contribution in [3.05, 3.63) is 51.7 Å². The highest BCUT2D eigenvalue weighted by atomic mass is 79.9. The summed E-state index contributed by atoms with van der Waals surface area (Å²) in [6.45, 7) is 6.66. The van der Waals surface area contributed by atoms with Crippen molar-refractivity contribution >= 4 is 33.4 Å². The molecule has 25 heavy (non-hydrogen) atoms. The lowest BCUT2D eigenvalue weighted by Gasteiger charge is -2.36. The van der Waals surface area contributed by atoms with Gasteiger partial charge in [0, 0.05) is 43.9 Å². The van der Waals surface area contributed by atoms with E-state index in [-0.39, 0.29) is 11.8 Å². The van der Waals surface area contributed by atoms with Gasteiger partial charge in [0.15, 0.2) is 0 Å². The van der Waals surface area contributed by atoms with Crippen LogP contribution in [-0.4, -0.2) is 51.7 Å². The Hall–Kier alpha value is -1.37. The molecule has 7 heteroatoms. The normalized spacial score (nSPS) is 16.8. The van der Waals surface area contributed by atoms with Crippen molar-refractivity contribution in [1.29, 1.82) is 0 Å². The van der Waals surface area contributed by atoms with E-state index in [2.05, 4.69) is 32.0 Å². The van der Waals surface area contributed by atoms with Crippen molar-refractivity contribution in [2.24, 2.45) is 5.92 Å². The van der Waals surface area contributed by atoms with Crippen molar-refractivity contribution in [1.82, 2.24) is 19.6 Å². The number of carbonyl (C=O) groups excluding carboxylic acids is 1. The molecule has 1 aliphatic rings. The zero-order valence-electron chi connectivity index (χ0n) is 14.2. The predicted octanol–water partition coefficient (Wildman–Crippen LogP) is 3.28. The Bertz CT molecular complexity index is 727. The number of hydrogen-bond acceptors (Lipinski definition) is 3. The van der Waals surface area contributed by atoms with Crippen LogP contribution in [0.25, 0.3) is 0 Å². The summed E-state index contributed by atoms with van der Waals surface area (Å²) in [5.41, 5.74) is 1.14. The molecule has 1 amide bonds. The monoisotopic (exact) mass is 424 g/mol. The van der Waals surface area contributed by atoms with E-state index in [0.717, 1.165) is 47.8 Å². The van der Waals surface area contributed by atoms with Crippen LogP contribution in [0.3, 0.4) is 0 Å². The van der Waals surface area contributed by atoms with E-state index < -0.39 is 0 Å². The summed E-state index contributed by atoms with van der Waals surface area (Å²) in [6.07, 6.45) is 3.63. The number of nitrogens with zero attached hydrogens (tertiary/aromatic N) is 4. The third-order valence-corrected chi connectivity index (χ3v) is 5.30. The van der Waals surface area contributed by atoms with Gasteiger partial charge < -0.3 is 4.90 Å². The molecular formula is C18H22BrClN4O. The molecule has 0 saturated carbocycles. The maximum Gasteiger partial charge on any atom is 0.227 e. The van der Waals surface area contributed by atoms with E-state index in [1.165, 1.54) is 0 Å². The van der Waals surface area contributed by atoms with Crippen molar-refractivity contribution in [2.45, 2.75) is 20.0 Å². The van der Waals surface area contributed by atoms with Crippen LogP contribution in [0.4, 0.5) is 0 Å².